The van der Waals surface area contributed by atoms with Crippen LogP contribution in [0.4, 0.5) is 0 Å². The molecule has 0 radical (unpaired) electrons. The molecule has 18 heavy (non-hydrogen) atoms. The molecule has 2 rings (SSSR count). The monoisotopic (exact) mass is 246 g/mol. The minimum atomic E-state index is -0.458. The highest BCUT2D eigenvalue weighted by atomic mass is 16.7. The Morgan fingerprint density at radius 1 is 1.39 bits per heavy atom. The number of nitrogens with zero attached hydrogens (tertiary/aromatic N) is 1. The van der Waals surface area contributed by atoms with Crippen LogP contribution in [0.1, 0.15) is 25.0 Å². The summed E-state index contributed by atoms with van der Waals surface area (Å²) in [7, 11) is 0. The van der Waals surface area contributed by atoms with Crippen molar-refractivity contribution in [1.82, 2.24) is 5.32 Å². The van der Waals surface area contributed by atoms with E-state index in [1.54, 1.807) is 0 Å². The largest absolute Gasteiger partial charge is 0.348 e. The van der Waals surface area contributed by atoms with Crippen LogP contribution in [-0.4, -0.2) is 25.0 Å². The van der Waals surface area contributed by atoms with Gasteiger partial charge in [-0.3, -0.25) is 0 Å². The van der Waals surface area contributed by atoms with E-state index < -0.39 is 5.79 Å². The van der Waals surface area contributed by atoms with Gasteiger partial charge in [0.25, 0.3) is 0 Å². The highest BCUT2D eigenvalue weighted by Gasteiger charge is 2.32. The van der Waals surface area contributed by atoms with Crippen molar-refractivity contribution in [3.63, 3.8) is 0 Å². The van der Waals surface area contributed by atoms with Gasteiger partial charge >= 0.3 is 0 Å². The smallest absolute Gasteiger partial charge is 0.163 e. The summed E-state index contributed by atoms with van der Waals surface area (Å²) in [6.07, 6.45) is 0.110. The maximum absolute atomic E-state index is 8.70. The molecule has 1 N–H and O–H groups in total. The van der Waals surface area contributed by atoms with Gasteiger partial charge in [0.05, 0.1) is 24.3 Å². The van der Waals surface area contributed by atoms with Crippen molar-refractivity contribution in [2.75, 3.05) is 13.2 Å². The van der Waals surface area contributed by atoms with Gasteiger partial charge in [0, 0.05) is 13.1 Å². The van der Waals surface area contributed by atoms with Crippen molar-refractivity contribution < 1.29 is 9.47 Å². The number of nitrogens with one attached hydrogen (secondary N) is 1. The van der Waals surface area contributed by atoms with E-state index in [1.807, 2.05) is 38.1 Å². The second-order valence-corrected chi connectivity index (χ2v) is 4.89. The summed E-state index contributed by atoms with van der Waals surface area (Å²) in [5, 5.41) is 12.0. The molecule has 96 valence electrons. The number of rotatable bonds is 4. The van der Waals surface area contributed by atoms with Crippen LogP contribution in [-0.2, 0) is 16.0 Å². The first-order chi connectivity index (χ1) is 8.59. The Balaban J connectivity index is 1.74. The third-order valence-electron chi connectivity index (χ3n) is 2.85. The zero-order valence-electron chi connectivity index (χ0n) is 10.8. The van der Waals surface area contributed by atoms with E-state index in [2.05, 4.69) is 11.4 Å². The van der Waals surface area contributed by atoms with E-state index in [1.165, 1.54) is 0 Å². The van der Waals surface area contributed by atoms with Gasteiger partial charge in [0.15, 0.2) is 5.79 Å². The molecular weight excluding hydrogens is 228 g/mol. The molecule has 0 saturated carbocycles. The normalized spacial score (nSPS) is 21.7. The average Bonchev–Trinajstić information content (AvgIpc) is 2.70. The zero-order valence-corrected chi connectivity index (χ0v) is 10.8. The SMILES string of the molecule is CC1(C)OCC(CNCc2ccc(C#N)cc2)O1. The highest BCUT2D eigenvalue weighted by molar-refractivity contribution is 5.31. The van der Waals surface area contributed by atoms with Crippen molar-refractivity contribution in [3.05, 3.63) is 35.4 Å². The molecule has 0 aromatic heterocycles. The lowest BCUT2D eigenvalue weighted by molar-refractivity contribution is -0.137. The Morgan fingerprint density at radius 2 is 2.11 bits per heavy atom. The number of hydrogen-bond acceptors (Lipinski definition) is 4. The van der Waals surface area contributed by atoms with E-state index in [4.69, 9.17) is 14.7 Å². The van der Waals surface area contributed by atoms with Crippen LogP contribution in [0, 0.1) is 11.3 Å². The second kappa shape index (κ2) is 5.49. The molecule has 0 spiro atoms. The van der Waals surface area contributed by atoms with Gasteiger partial charge in [-0.25, -0.2) is 0 Å². The summed E-state index contributed by atoms with van der Waals surface area (Å²) in [5.41, 5.74) is 1.85. The first kappa shape index (κ1) is 13.0. The van der Waals surface area contributed by atoms with E-state index in [-0.39, 0.29) is 6.10 Å². The maximum Gasteiger partial charge on any atom is 0.163 e. The van der Waals surface area contributed by atoms with Crippen LogP contribution in [0.15, 0.2) is 24.3 Å². The fourth-order valence-electron chi connectivity index (χ4n) is 1.94. The fraction of sp³-hybridized carbons (Fsp3) is 0.500. The fourth-order valence-corrected chi connectivity index (χ4v) is 1.94. The summed E-state index contributed by atoms with van der Waals surface area (Å²) < 4.78 is 11.2. The Morgan fingerprint density at radius 3 is 2.67 bits per heavy atom. The van der Waals surface area contributed by atoms with E-state index in [0.29, 0.717) is 12.2 Å². The first-order valence-electron chi connectivity index (χ1n) is 6.10. The molecule has 1 heterocycles. The molecule has 0 amide bonds. The number of hydrogen-bond donors (Lipinski definition) is 1. The average molecular weight is 246 g/mol. The Kier molecular flexibility index (Phi) is 3.97. The standard InChI is InChI=1S/C14H18N2O2/c1-14(2)17-10-13(18-14)9-16-8-12-5-3-11(7-15)4-6-12/h3-6,13,16H,8-10H2,1-2H3. The third kappa shape index (κ3) is 3.54. The lowest BCUT2D eigenvalue weighted by Crippen LogP contribution is -2.30. The summed E-state index contributed by atoms with van der Waals surface area (Å²) in [6, 6.07) is 9.68. The Bertz CT molecular complexity index is 434. The minimum absolute atomic E-state index is 0.110. The molecule has 1 aliphatic heterocycles. The number of nitriles is 1. The zero-order chi connectivity index (χ0) is 13.0. The molecule has 1 atom stereocenters. The Hall–Kier alpha value is -1.41. The van der Waals surface area contributed by atoms with E-state index in [0.717, 1.165) is 18.7 Å². The summed E-state index contributed by atoms with van der Waals surface area (Å²) in [6.45, 7) is 6.02. The minimum Gasteiger partial charge on any atom is -0.348 e. The van der Waals surface area contributed by atoms with Crippen LogP contribution < -0.4 is 5.32 Å². The Labute approximate surface area is 108 Å². The van der Waals surface area contributed by atoms with Crippen LogP contribution in [0.2, 0.25) is 0 Å². The molecule has 1 fully saturated rings. The van der Waals surface area contributed by atoms with Crippen molar-refractivity contribution >= 4 is 0 Å². The molecule has 1 aromatic rings. The van der Waals surface area contributed by atoms with Gasteiger partial charge < -0.3 is 14.8 Å². The van der Waals surface area contributed by atoms with Gasteiger partial charge in [0.1, 0.15) is 0 Å². The van der Waals surface area contributed by atoms with Gasteiger partial charge in [-0.1, -0.05) is 12.1 Å². The quantitative estimate of drug-likeness (QED) is 0.880. The molecule has 0 aliphatic carbocycles. The summed E-state index contributed by atoms with van der Waals surface area (Å²) in [4.78, 5) is 0. The second-order valence-electron chi connectivity index (χ2n) is 4.89. The van der Waals surface area contributed by atoms with Crippen LogP contribution in [0.25, 0.3) is 0 Å². The van der Waals surface area contributed by atoms with Gasteiger partial charge in [-0.05, 0) is 31.5 Å². The van der Waals surface area contributed by atoms with E-state index in [9.17, 15) is 0 Å². The highest BCUT2D eigenvalue weighted by Crippen LogP contribution is 2.21. The van der Waals surface area contributed by atoms with Crippen LogP contribution in [0.3, 0.4) is 0 Å². The molecule has 1 aromatic carbocycles. The van der Waals surface area contributed by atoms with Crippen molar-refractivity contribution in [1.29, 1.82) is 5.26 Å². The molecule has 1 saturated heterocycles. The lowest BCUT2D eigenvalue weighted by Gasteiger charge is -2.17. The first-order valence-corrected chi connectivity index (χ1v) is 6.10. The molecule has 4 heteroatoms. The van der Waals surface area contributed by atoms with Crippen molar-refractivity contribution in [3.8, 4) is 6.07 Å². The summed E-state index contributed by atoms with van der Waals surface area (Å²) >= 11 is 0. The third-order valence-corrected chi connectivity index (χ3v) is 2.85. The predicted octanol–water partition coefficient (Wildman–Crippen LogP) is 1.80. The number of ether oxygens (including phenoxy) is 2. The molecular formula is C14H18N2O2. The predicted molar refractivity (Wildman–Crippen MR) is 67.8 cm³/mol. The van der Waals surface area contributed by atoms with Gasteiger partial charge in [0.2, 0.25) is 0 Å². The molecule has 4 nitrogen and oxygen atoms in total. The van der Waals surface area contributed by atoms with E-state index >= 15 is 0 Å². The van der Waals surface area contributed by atoms with Crippen molar-refractivity contribution in [2.45, 2.75) is 32.3 Å². The van der Waals surface area contributed by atoms with Gasteiger partial charge in [-0.15, -0.1) is 0 Å². The van der Waals surface area contributed by atoms with Crippen LogP contribution >= 0.6 is 0 Å². The van der Waals surface area contributed by atoms with Gasteiger partial charge in [-0.2, -0.15) is 5.26 Å². The lowest BCUT2D eigenvalue weighted by atomic mass is 10.1. The summed E-state index contributed by atoms with van der Waals surface area (Å²) in [5.74, 6) is -0.458. The maximum atomic E-state index is 8.70. The topological polar surface area (TPSA) is 54.3 Å². The molecule has 1 aliphatic rings. The van der Waals surface area contributed by atoms with Crippen molar-refractivity contribution in [2.24, 2.45) is 0 Å². The van der Waals surface area contributed by atoms with Crippen LogP contribution in [0.5, 0.6) is 0 Å². The molecule has 1 unspecified atom stereocenters. The number of benzene rings is 1. The molecule has 0 bridgehead atoms.